The lowest BCUT2D eigenvalue weighted by atomic mass is 10.0. The number of halogens is 2. The molecule has 0 spiro atoms. The number of carboxylic acids is 1. The number of carbonyl (C=O) groups excluding carboxylic acids is 1. The number of amides is 1. The number of carbonyl (C=O) groups is 2. The van der Waals surface area contributed by atoms with Crippen molar-refractivity contribution in [3.63, 3.8) is 0 Å². The third kappa shape index (κ3) is 6.81. The Bertz CT molecular complexity index is 1660. The molecule has 1 heterocycles. The maximum atomic E-state index is 13.4. The molecule has 1 amide bonds. The van der Waals surface area contributed by atoms with Crippen molar-refractivity contribution in [2.45, 2.75) is 12.6 Å². The number of nitrogens with zero attached hydrogens (tertiary/aromatic N) is 3. The van der Waals surface area contributed by atoms with Crippen molar-refractivity contribution < 1.29 is 19.4 Å². The van der Waals surface area contributed by atoms with Gasteiger partial charge in [-0.3, -0.25) is 4.79 Å². The fourth-order valence-corrected chi connectivity index (χ4v) is 4.38. The Morgan fingerprint density at radius 2 is 1.46 bits per heavy atom. The highest BCUT2D eigenvalue weighted by Crippen LogP contribution is 2.27. The predicted octanol–water partition coefficient (Wildman–Crippen LogP) is 6.31. The molecule has 206 valence electrons. The van der Waals surface area contributed by atoms with Gasteiger partial charge < -0.3 is 15.2 Å². The molecule has 4 aromatic carbocycles. The van der Waals surface area contributed by atoms with E-state index in [4.69, 9.17) is 27.9 Å². The normalized spacial score (nSPS) is 11.7. The Morgan fingerprint density at radius 1 is 0.829 bits per heavy atom. The summed E-state index contributed by atoms with van der Waals surface area (Å²) in [6, 6.07) is 30.3. The summed E-state index contributed by atoms with van der Waals surface area (Å²) in [7, 11) is 0. The molecule has 0 saturated heterocycles. The van der Waals surface area contributed by atoms with Crippen LogP contribution in [0, 0.1) is 0 Å². The van der Waals surface area contributed by atoms with Crippen molar-refractivity contribution >= 4 is 35.1 Å². The van der Waals surface area contributed by atoms with Crippen LogP contribution in [0.15, 0.2) is 103 Å². The zero-order valence-electron chi connectivity index (χ0n) is 21.6. The summed E-state index contributed by atoms with van der Waals surface area (Å²) in [5.41, 5.74) is 4.04. The highest BCUT2D eigenvalue weighted by molar-refractivity contribution is 6.42. The SMILES string of the molecule is O=C(NC(COCc1ccccc1)C(=O)O)c1nc(-c2ccc(-c3ccccc3)cc2)nn1-c1ccc(Cl)c(Cl)c1. The van der Waals surface area contributed by atoms with Crippen molar-refractivity contribution in [1.82, 2.24) is 20.1 Å². The molecule has 5 aromatic rings. The first-order valence-electron chi connectivity index (χ1n) is 12.6. The standard InChI is InChI=1S/C31H24Cl2N4O4/c32-25-16-15-24(17-26(25)33)37-29(30(38)34-27(31(39)40)19-41-18-20-7-3-1-4-8-20)35-28(36-37)23-13-11-22(12-14-23)21-9-5-2-6-10-21/h1-17,27H,18-19H2,(H,34,38)(H,39,40). The van der Waals surface area contributed by atoms with E-state index in [0.717, 1.165) is 16.7 Å². The minimum absolute atomic E-state index is 0.125. The van der Waals surface area contributed by atoms with Gasteiger partial charge in [0, 0.05) is 5.56 Å². The molecular weight excluding hydrogens is 563 g/mol. The van der Waals surface area contributed by atoms with Crippen LogP contribution in [0.25, 0.3) is 28.2 Å². The summed E-state index contributed by atoms with van der Waals surface area (Å²) in [5, 5.41) is 17.4. The fourth-order valence-electron chi connectivity index (χ4n) is 4.09. The number of rotatable bonds is 10. The van der Waals surface area contributed by atoms with Gasteiger partial charge >= 0.3 is 5.97 Å². The molecule has 8 nitrogen and oxygen atoms in total. The van der Waals surface area contributed by atoms with Crippen LogP contribution in [-0.4, -0.2) is 44.4 Å². The molecule has 1 unspecified atom stereocenters. The summed E-state index contributed by atoms with van der Waals surface area (Å²) < 4.78 is 6.88. The number of nitrogens with one attached hydrogen (secondary N) is 1. The molecule has 0 aliphatic carbocycles. The smallest absolute Gasteiger partial charge is 0.328 e. The molecule has 2 N–H and O–H groups in total. The number of aromatic nitrogens is 3. The maximum absolute atomic E-state index is 13.4. The Labute approximate surface area is 246 Å². The first-order valence-corrected chi connectivity index (χ1v) is 13.4. The molecule has 0 radical (unpaired) electrons. The lowest BCUT2D eigenvalue weighted by Gasteiger charge is -2.15. The number of benzene rings is 4. The summed E-state index contributed by atoms with van der Waals surface area (Å²) in [4.78, 5) is 29.8. The number of hydrogen-bond acceptors (Lipinski definition) is 5. The summed E-state index contributed by atoms with van der Waals surface area (Å²) in [5.74, 6) is -1.84. The second-order valence-corrected chi connectivity index (χ2v) is 9.89. The number of aliphatic carboxylic acids is 1. The third-order valence-corrected chi connectivity index (χ3v) is 6.95. The van der Waals surface area contributed by atoms with E-state index >= 15 is 0 Å². The van der Waals surface area contributed by atoms with E-state index in [9.17, 15) is 14.7 Å². The second-order valence-electron chi connectivity index (χ2n) is 9.08. The van der Waals surface area contributed by atoms with Crippen molar-refractivity contribution in [3.05, 3.63) is 125 Å². The van der Waals surface area contributed by atoms with E-state index in [0.29, 0.717) is 16.3 Å². The largest absolute Gasteiger partial charge is 0.480 e. The lowest BCUT2D eigenvalue weighted by molar-refractivity contribution is -0.141. The number of ether oxygens (including phenoxy) is 1. The van der Waals surface area contributed by atoms with Crippen molar-refractivity contribution in [3.8, 4) is 28.2 Å². The van der Waals surface area contributed by atoms with Gasteiger partial charge in [-0.25, -0.2) is 14.5 Å². The fraction of sp³-hybridized carbons (Fsp3) is 0.0968. The Morgan fingerprint density at radius 3 is 2.12 bits per heavy atom. The molecule has 0 bridgehead atoms. The molecule has 41 heavy (non-hydrogen) atoms. The van der Waals surface area contributed by atoms with Gasteiger partial charge in [-0.15, -0.1) is 5.10 Å². The molecule has 1 aromatic heterocycles. The molecular formula is C31H24Cl2N4O4. The Hall–Kier alpha value is -4.50. The molecule has 0 aliphatic rings. The third-order valence-electron chi connectivity index (χ3n) is 6.21. The van der Waals surface area contributed by atoms with Crippen LogP contribution in [0.3, 0.4) is 0 Å². The van der Waals surface area contributed by atoms with Crippen LogP contribution in [-0.2, 0) is 16.1 Å². The molecule has 10 heteroatoms. The van der Waals surface area contributed by atoms with Crippen molar-refractivity contribution in [1.29, 1.82) is 0 Å². The average molecular weight is 587 g/mol. The van der Waals surface area contributed by atoms with Crippen LogP contribution in [0.4, 0.5) is 0 Å². The van der Waals surface area contributed by atoms with Gasteiger partial charge in [0.25, 0.3) is 5.91 Å². The van der Waals surface area contributed by atoms with E-state index in [1.165, 1.54) is 4.68 Å². The van der Waals surface area contributed by atoms with Crippen molar-refractivity contribution in [2.24, 2.45) is 0 Å². The first kappa shape index (κ1) is 28.0. The topological polar surface area (TPSA) is 106 Å². The molecule has 5 rings (SSSR count). The van der Waals surface area contributed by atoms with Crippen LogP contribution >= 0.6 is 23.2 Å². The molecule has 0 fully saturated rings. The van der Waals surface area contributed by atoms with E-state index in [1.807, 2.05) is 84.9 Å². The minimum atomic E-state index is -1.32. The number of hydrogen-bond donors (Lipinski definition) is 2. The van der Waals surface area contributed by atoms with Gasteiger partial charge in [0.2, 0.25) is 5.82 Å². The lowest BCUT2D eigenvalue weighted by Crippen LogP contribution is -2.44. The first-order chi connectivity index (χ1) is 19.9. The van der Waals surface area contributed by atoms with Gasteiger partial charge in [-0.1, -0.05) is 108 Å². The predicted molar refractivity (Wildman–Crippen MR) is 157 cm³/mol. The van der Waals surface area contributed by atoms with Gasteiger partial charge in [-0.05, 0) is 34.9 Å². The van der Waals surface area contributed by atoms with Crippen LogP contribution < -0.4 is 5.32 Å². The summed E-state index contributed by atoms with van der Waals surface area (Å²) in [6.45, 7) is -0.0479. The molecule has 0 saturated carbocycles. The van der Waals surface area contributed by atoms with E-state index in [2.05, 4.69) is 15.4 Å². The van der Waals surface area contributed by atoms with Gasteiger partial charge in [-0.2, -0.15) is 0 Å². The quantitative estimate of drug-likeness (QED) is 0.199. The highest BCUT2D eigenvalue weighted by Gasteiger charge is 2.26. The van der Waals surface area contributed by atoms with E-state index < -0.39 is 17.9 Å². The molecule has 1 atom stereocenters. The Kier molecular flexibility index (Phi) is 8.74. The summed E-state index contributed by atoms with van der Waals surface area (Å²) in [6.07, 6.45) is 0. The van der Waals surface area contributed by atoms with Gasteiger partial charge in [0.15, 0.2) is 11.9 Å². The second kappa shape index (κ2) is 12.8. The average Bonchev–Trinajstić information content (AvgIpc) is 3.45. The zero-order valence-corrected chi connectivity index (χ0v) is 23.1. The zero-order chi connectivity index (χ0) is 28.8. The number of carboxylic acid groups (broad SMARTS) is 1. The minimum Gasteiger partial charge on any atom is -0.480 e. The van der Waals surface area contributed by atoms with Crippen LogP contribution in [0.1, 0.15) is 16.2 Å². The maximum Gasteiger partial charge on any atom is 0.328 e. The monoisotopic (exact) mass is 586 g/mol. The highest BCUT2D eigenvalue weighted by atomic mass is 35.5. The van der Waals surface area contributed by atoms with Gasteiger partial charge in [0.05, 0.1) is 28.9 Å². The van der Waals surface area contributed by atoms with Gasteiger partial charge in [0.1, 0.15) is 0 Å². The summed E-state index contributed by atoms with van der Waals surface area (Å²) >= 11 is 12.3. The van der Waals surface area contributed by atoms with Crippen LogP contribution in [0.5, 0.6) is 0 Å². The Balaban J connectivity index is 1.42. The van der Waals surface area contributed by atoms with Crippen molar-refractivity contribution in [2.75, 3.05) is 6.61 Å². The van der Waals surface area contributed by atoms with E-state index in [-0.39, 0.29) is 29.9 Å². The van der Waals surface area contributed by atoms with E-state index in [1.54, 1.807) is 18.2 Å². The van der Waals surface area contributed by atoms with Crippen LogP contribution in [0.2, 0.25) is 10.0 Å². The molecule has 0 aliphatic heterocycles.